The van der Waals surface area contributed by atoms with Crippen molar-refractivity contribution in [1.82, 2.24) is 15.5 Å². The molecule has 1 aromatic carbocycles. The SMILES string of the molecule is Cl.O=C(NCC1CCCN(C(=O)C2CC2c2ccccc2Cl)C1)C1CCCN1. The maximum Gasteiger partial charge on any atom is 0.237 e. The summed E-state index contributed by atoms with van der Waals surface area (Å²) in [5.41, 5.74) is 1.10. The Morgan fingerprint density at radius 2 is 2.04 bits per heavy atom. The first-order valence-electron chi connectivity index (χ1n) is 10.2. The third-order valence-corrected chi connectivity index (χ3v) is 6.53. The molecule has 3 fully saturated rings. The van der Waals surface area contributed by atoms with E-state index < -0.39 is 0 Å². The number of piperidine rings is 1. The largest absolute Gasteiger partial charge is 0.354 e. The lowest BCUT2D eigenvalue weighted by molar-refractivity contribution is -0.134. The number of amides is 2. The summed E-state index contributed by atoms with van der Waals surface area (Å²) in [6.07, 6.45) is 4.97. The van der Waals surface area contributed by atoms with Gasteiger partial charge in [0.25, 0.3) is 0 Å². The molecule has 5 nitrogen and oxygen atoms in total. The van der Waals surface area contributed by atoms with E-state index in [9.17, 15) is 9.59 Å². The highest BCUT2D eigenvalue weighted by atomic mass is 35.5. The van der Waals surface area contributed by atoms with Crippen LogP contribution in [0.4, 0.5) is 0 Å². The first kappa shape index (κ1) is 21.4. The summed E-state index contributed by atoms with van der Waals surface area (Å²) < 4.78 is 0. The van der Waals surface area contributed by atoms with Crippen molar-refractivity contribution in [3.63, 3.8) is 0 Å². The predicted octanol–water partition coefficient (Wildman–Crippen LogP) is 2.97. The zero-order chi connectivity index (χ0) is 18.8. The van der Waals surface area contributed by atoms with Gasteiger partial charge in [0.2, 0.25) is 11.8 Å². The van der Waals surface area contributed by atoms with Gasteiger partial charge in [-0.05, 0) is 62.1 Å². The van der Waals surface area contributed by atoms with Crippen LogP contribution >= 0.6 is 24.0 Å². The molecule has 28 heavy (non-hydrogen) atoms. The van der Waals surface area contributed by atoms with E-state index in [2.05, 4.69) is 10.6 Å². The van der Waals surface area contributed by atoms with Crippen LogP contribution in [0.1, 0.15) is 43.6 Å². The maximum absolute atomic E-state index is 12.9. The summed E-state index contributed by atoms with van der Waals surface area (Å²) in [7, 11) is 0. The van der Waals surface area contributed by atoms with Gasteiger partial charge >= 0.3 is 0 Å². The Balaban J connectivity index is 0.00000225. The quantitative estimate of drug-likeness (QED) is 0.761. The number of nitrogens with zero attached hydrogens (tertiary/aromatic N) is 1. The van der Waals surface area contributed by atoms with Gasteiger partial charge in [0.15, 0.2) is 0 Å². The third-order valence-electron chi connectivity index (χ3n) is 6.18. The molecule has 4 rings (SSSR count). The summed E-state index contributed by atoms with van der Waals surface area (Å²) in [6, 6.07) is 7.81. The van der Waals surface area contributed by atoms with Gasteiger partial charge in [-0.3, -0.25) is 9.59 Å². The van der Waals surface area contributed by atoms with Gasteiger partial charge in [-0.1, -0.05) is 29.8 Å². The number of hydrogen-bond donors (Lipinski definition) is 2. The van der Waals surface area contributed by atoms with Crippen LogP contribution in [-0.2, 0) is 9.59 Å². The molecule has 2 heterocycles. The van der Waals surface area contributed by atoms with Crippen LogP contribution in [-0.4, -0.2) is 48.9 Å². The first-order chi connectivity index (χ1) is 13.1. The number of likely N-dealkylation sites (tertiary alicyclic amines) is 1. The number of carbonyl (C=O) groups excluding carboxylic acids is 2. The molecule has 0 aromatic heterocycles. The van der Waals surface area contributed by atoms with Gasteiger partial charge in [-0.15, -0.1) is 12.4 Å². The van der Waals surface area contributed by atoms with E-state index in [0.29, 0.717) is 12.5 Å². The van der Waals surface area contributed by atoms with Gasteiger partial charge < -0.3 is 15.5 Å². The Kier molecular flexibility index (Phi) is 7.24. The molecule has 4 atom stereocenters. The van der Waals surface area contributed by atoms with Crippen LogP contribution in [0.3, 0.4) is 0 Å². The minimum Gasteiger partial charge on any atom is -0.354 e. The molecule has 3 aliphatic rings. The van der Waals surface area contributed by atoms with Crippen molar-refractivity contribution in [3.05, 3.63) is 34.9 Å². The van der Waals surface area contributed by atoms with E-state index in [1.807, 2.05) is 29.2 Å². The van der Waals surface area contributed by atoms with Gasteiger partial charge in [0.1, 0.15) is 0 Å². The predicted molar refractivity (Wildman–Crippen MR) is 113 cm³/mol. The Morgan fingerprint density at radius 3 is 2.79 bits per heavy atom. The van der Waals surface area contributed by atoms with Crippen LogP contribution in [0.5, 0.6) is 0 Å². The van der Waals surface area contributed by atoms with E-state index >= 15 is 0 Å². The Bertz CT molecular complexity index is 709. The van der Waals surface area contributed by atoms with Gasteiger partial charge in [0, 0.05) is 30.6 Å². The standard InChI is InChI=1S/C21H28ClN3O2.ClH/c22-18-7-2-1-6-15(18)16-11-17(16)21(27)25-10-4-5-14(13-25)12-24-20(26)19-8-3-9-23-19;/h1-2,6-7,14,16-17,19,23H,3-5,8-13H2,(H,24,26);1H. The molecule has 7 heteroatoms. The molecule has 4 unspecified atom stereocenters. The van der Waals surface area contributed by atoms with Crippen molar-refractivity contribution < 1.29 is 9.59 Å². The summed E-state index contributed by atoms with van der Waals surface area (Å²) >= 11 is 6.29. The van der Waals surface area contributed by atoms with Crippen LogP contribution in [0.2, 0.25) is 5.02 Å². The summed E-state index contributed by atoms with van der Waals surface area (Å²) in [5.74, 6) is 1.05. The molecule has 2 N–H and O–H groups in total. The fourth-order valence-electron chi connectivity index (χ4n) is 4.53. The Labute approximate surface area is 178 Å². The molecular weight excluding hydrogens is 397 g/mol. The fraction of sp³-hybridized carbons (Fsp3) is 0.619. The van der Waals surface area contributed by atoms with E-state index in [0.717, 1.165) is 62.3 Å². The number of rotatable bonds is 5. The minimum absolute atomic E-state index is 0. The highest BCUT2D eigenvalue weighted by Crippen LogP contribution is 2.50. The van der Waals surface area contributed by atoms with E-state index in [1.165, 1.54) is 0 Å². The first-order valence-corrected chi connectivity index (χ1v) is 10.6. The average Bonchev–Trinajstić information content (AvgIpc) is 3.28. The number of carbonyl (C=O) groups is 2. The molecule has 2 amide bonds. The lowest BCUT2D eigenvalue weighted by Gasteiger charge is -2.33. The molecule has 154 valence electrons. The van der Waals surface area contributed by atoms with Gasteiger partial charge in [0.05, 0.1) is 6.04 Å². The van der Waals surface area contributed by atoms with E-state index in [4.69, 9.17) is 11.6 Å². The summed E-state index contributed by atoms with van der Waals surface area (Å²) in [5, 5.41) is 7.08. The topological polar surface area (TPSA) is 61.4 Å². The second kappa shape index (κ2) is 9.47. The van der Waals surface area contributed by atoms with E-state index in [1.54, 1.807) is 0 Å². The molecule has 1 aromatic rings. The van der Waals surface area contributed by atoms with Crippen molar-refractivity contribution in [2.45, 2.75) is 44.1 Å². The molecule has 1 saturated carbocycles. The molecule has 2 aliphatic heterocycles. The average molecular weight is 426 g/mol. The van der Waals surface area contributed by atoms with Crippen LogP contribution in [0, 0.1) is 11.8 Å². The lowest BCUT2D eigenvalue weighted by Crippen LogP contribution is -2.47. The number of nitrogens with one attached hydrogen (secondary N) is 2. The maximum atomic E-state index is 12.9. The summed E-state index contributed by atoms with van der Waals surface area (Å²) in [6.45, 7) is 3.18. The summed E-state index contributed by atoms with van der Waals surface area (Å²) in [4.78, 5) is 27.1. The highest BCUT2D eigenvalue weighted by Gasteiger charge is 2.47. The number of benzene rings is 1. The molecule has 1 aliphatic carbocycles. The second-order valence-corrected chi connectivity index (χ2v) is 8.56. The number of halogens is 2. The zero-order valence-corrected chi connectivity index (χ0v) is 17.6. The number of hydrogen-bond acceptors (Lipinski definition) is 3. The molecule has 2 saturated heterocycles. The van der Waals surface area contributed by atoms with Crippen molar-refractivity contribution >= 4 is 35.8 Å². The molecule has 0 spiro atoms. The Hall–Kier alpha value is -1.30. The fourth-order valence-corrected chi connectivity index (χ4v) is 4.81. The van der Waals surface area contributed by atoms with Gasteiger partial charge in [-0.25, -0.2) is 0 Å². The highest BCUT2D eigenvalue weighted by molar-refractivity contribution is 6.31. The third kappa shape index (κ3) is 4.81. The van der Waals surface area contributed by atoms with Crippen molar-refractivity contribution in [1.29, 1.82) is 0 Å². The molecule has 0 bridgehead atoms. The van der Waals surface area contributed by atoms with E-state index in [-0.39, 0.29) is 42.1 Å². The van der Waals surface area contributed by atoms with Crippen molar-refractivity contribution in [3.8, 4) is 0 Å². The zero-order valence-electron chi connectivity index (χ0n) is 16.0. The monoisotopic (exact) mass is 425 g/mol. The molecule has 0 radical (unpaired) electrons. The van der Waals surface area contributed by atoms with Crippen LogP contribution < -0.4 is 10.6 Å². The smallest absolute Gasteiger partial charge is 0.237 e. The molecular formula is C21H29Cl2N3O2. The van der Waals surface area contributed by atoms with Crippen LogP contribution in [0.25, 0.3) is 0 Å². The Morgan fingerprint density at radius 1 is 1.21 bits per heavy atom. The normalized spacial score (nSPS) is 29.1. The lowest BCUT2D eigenvalue weighted by atomic mass is 9.97. The second-order valence-electron chi connectivity index (χ2n) is 8.16. The van der Waals surface area contributed by atoms with Crippen molar-refractivity contribution in [2.24, 2.45) is 11.8 Å². The van der Waals surface area contributed by atoms with Gasteiger partial charge in [-0.2, -0.15) is 0 Å². The van der Waals surface area contributed by atoms with Crippen molar-refractivity contribution in [2.75, 3.05) is 26.2 Å². The minimum atomic E-state index is -0.0332. The van der Waals surface area contributed by atoms with Crippen LogP contribution in [0.15, 0.2) is 24.3 Å².